The van der Waals surface area contributed by atoms with Crippen LogP contribution in [0.1, 0.15) is 25.0 Å². The van der Waals surface area contributed by atoms with Crippen LogP contribution in [-0.2, 0) is 11.3 Å². The first-order valence-corrected chi connectivity index (χ1v) is 5.79. The number of hydrogen-bond donors (Lipinski definition) is 1. The molecule has 0 aromatic carbocycles. The van der Waals surface area contributed by atoms with E-state index < -0.39 is 0 Å². The lowest BCUT2D eigenvalue weighted by molar-refractivity contribution is -0.0119. The molecule has 1 aromatic rings. The average molecular weight is 222 g/mol. The molecule has 0 spiro atoms. The van der Waals surface area contributed by atoms with E-state index in [1.54, 1.807) is 0 Å². The Labute approximate surface area is 95.8 Å². The van der Waals surface area contributed by atoms with Crippen LogP contribution in [0.5, 0.6) is 5.88 Å². The smallest absolute Gasteiger partial charge is 0.213 e. The molecule has 0 amide bonds. The van der Waals surface area contributed by atoms with Crippen LogP contribution in [-0.4, -0.2) is 24.3 Å². The molecule has 1 unspecified atom stereocenters. The Bertz CT molecular complexity index is 325. The minimum absolute atomic E-state index is 0.220. The van der Waals surface area contributed by atoms with E-state index in [-0.39, 0.29) is 6.10 Å². The SMILES string of the molecule is NCc1cccc(OCC2CCCCO2)n1. The van der Waals surface area contributed by atoms with Crippen molar-refractivity contribution in [2.75, 3.05) is 13.2 Å². The van der Waals surface area contributed by atoms with E-state index in [9.17, 15) is 0 Å². The molecule has 1 aliphatic rings. The molecule has 1 aromatic heterocycles. The van der Waals surface area contributed by atoms with E-state index >= 15 is 0 Å². The lowest BCUT2D eigenvalue weighted by Gasteiger charge is -2.22. The summed E-state index contributed by atoms with van der Waals surface area (Å²) in [5.41, 5.74) is 6.36. The summed E-state index contributed by atoms with van der Waals surface area (Å²) < 4.78 is 11.2. The number of aromatic nitrogens is 1. The van der Waals surface area contributed by atoms with Crippen molar-refractivity contribution < 1.29 is 9.47 Å². The van der Waals surface area contributed by atoms with Gasteiger partial charge in [0.25, 0.3) is 0 Å². The van der Waals surface area contributed by atoms with Gasteiger partial charge in [-0.2, -0.15) is 0 Å². The Morgan fingerprint density at radius 2 is 2.38 bits per heavy atom. The first kappa shape index (κ1) is 11.4. The number of rotatable bonds is 4. The fourth-order valence-corrected chi connectivity index (χ4v) is 1.77. The summed E-state index contributed by atoms with van der Waals surface area (Å²) in [6.45, 7) is 1.88. The lowest BCUT2D eigenvalue weighted by atomic mass is 10.1. The molecule has 4 nitrogen and oxygen atoms in total. The zero-order valence-corrected chi connectivity index (χ0v) is 9.39. The number of ether oxygens (including phenoxy) is 2. The van der Waals surface area contributed by atoms with Gasteiger partial charge >= 0.3 is 0 Å². The monoisotopic (exact) mass is 222 g/mol. The lowest BCUT2D eigenvalue weighted by Crippen LogP contribution is -2.26. The van der Waals surface area contributed by atoms with Gasteiger partial charge in [0.2, 0.25) is 5.88 Å². The van der Waals surface area contributed by atoms with Crippen molar-refractivity contribution in [3.05, 3.63) is 23.9 Å². The van der Waals surface area contributed by atoms with Gasteiger partial charge in [-0.25, -0.2) is 4.98 Å². The third-order valence-electron chi connectivity index (χ3n) is 2.68. The highest BCUT2D eigenvalue weighted by molar-refractivity contribution is 5.15. The molecule has 2 heterocycles. The Morgan fingerprint density at radius 3 is 3.12 bits per heavy atom. The molecule has 0 radical (unpaired) electrons. The fraction of sp³-hybridized carbons (Fsp3) is 0.583. The molecule has 2 rings (SSSR count). The average Bonchev–Trinajstić information content (AvgIpc) is 2.38. The van der Waals surface area contributed by atoms with Crippen LogP contribution in [0.2, 0.25) is 0 Å². The number of nitrogens with zero attached hydrogens (tertiary/aromatic N) is 1. The highest BCUT2D eigenvalue weighted by atomic mass is 16.5. The highest BCUT2D eigenvalue weighted by Gasteiger charge is 2.14. The van der Waals surface area contributed by atoms with Gasteiger partial charge in [0, 0.05) is 19.2 Å². The summed E-state index contributed by atoms with van der Waals surface area (Å²) in [4.78, 5) is 4.27. The number of pyridine rings is 1. The largest absolute Gasteiger partial charge is 0.475 e. The molecule has 1 atom stereocenters. The van der Waals surface area contributed by atoms with E-state index in [1.807, 2.05) is 18.2 Å². The summed E-state index contributed by atoms with van der Waals surface area (Å²) >= 11 is 0. The van der Waals surface area contributed by atoms with Crippen molar-refractivity contribution in [2.45, 2.75) is 31.9 Å². The van der Waals surface area contributed by atoms with Crippen molar-refractivity contribution >= 4 is 0 Å². The van der Waals surface area contributed by atoms with Gasteiger partial charge in [0.05, 0.1) is 11.8 Å². The van der Waals surface area contributed by atoms with Crippen LogP contribution in [0, 0.1) is 0 Å². The summed E-state index contributed by atoms with van der Waals surface area (Å²) in [6, 6.07) is 5.65. The van der Waals surface area contributed by atoms with Crippen molar-refractivity contribution in [2.24, 2.45) is 5.73 Å². The first-order chi connectivity index (χ1) is 7.88. The van der Waals surface area contributed by atoms with Crippen LogP contribution >= 0.6 is 0 Å². The van der Waals surface area contributed by atoms with Gasteiger partial charge in [-0.1, -0.05) is 6.07 Å². The molecule has 88 valence electrons. The van der Waals surface area contributed by atoms with E-state index in [4.69, 9.17) is 15.2 Å². The van der Waals surface area contributed by atoms with Gasteiger partial charge < -0.3 is 15.2 Å². The van der Waals surface area contributed by atoms with Crippen molar-refractivity contribution in [3.8, 4) is 5.88 Å². The molecule has 0 bridgehead atoms. The second-order valence-corrected chi connectivity index (χ2v) is 3.97. The highest BCUT2D eigenvalue weighted by Crippen LogP contribution is 2.14. The third-order valence-corrected chi connectivity index (χ3v) is 2.68. The van der Waals surface area contributed by atoms with Gasteiger partial charge in [-0.15, -0.1) is 0 Å². The zero-order valence-electron chi connectivity index (χ0n) is 9.39. The Balaban J connectivity index is 1.83. The molecule has 0 saturated carbocycles. The third kappa shape index (κ3) is 3.18. The van der Waals surface area contributed by atoms with Gasteiger partial charge in [-0.3, -0.25) is 0 Å². The Kier molecular flexibility index (Phi) is 4.13. The minimum atomic E-state index is 0.220. The normalized spacial score (nSPS) is 20.7. The molecule has 16 heavy (non-hydrogen) atoms. The number of nitrogens with two attached hydrogens (primary N) is 1. The number of hydrogen-bond acceptors (Lipinski definition) is 4. The Hall–Kier alpha value is -1.13. The summed E-state index contributed by atoms with van der Waals surface area (Å²) in [7, 11) is 0. The maximum atomic E-state index is 5.60. The fourth-order valence-electron chi connectivity index (χ4n) is 1.77. The van der Waals surface area contributed by atoms with Crippen molar-refractivity contribution in [1.82, 2.24) is 4.98 Å². The van der Waals surface area contributed by atoms with E-state index in [2.05, 4.69) is 4.98 Å². The first-order valence-electron chi connectivity index (χ1n) is 5.79. The van der Waals surface area contributed by atoms with Crippen LogP contribution < -0.4 is 10.5 Å². The van der Waals surface area contributed by atoms with E-state index in [0.717, 1.165) is 25.1 Å². The second-order valence-electron chi connectivity index (χ2n) is 3.97. The molecule has 1 aliphatic heterocycles. The summed E-state index contributed by atoms with van der Waals surface area (Å²) in [5.74, 6) is 0.636. The van der Waals surface area contributed by atoms with Crippen LogP contribution in [0.4, 0.5) is 0 Å². The Morgan fingerprint density at radius 1 is 1.44 bits per heavy atom. The van der Waals surface area contributed by atoms with Crippen molar-refractivity contribution in [3.63, 3.8) is 0 Å². The molecule has 1 fully saturated rings. The topological polar surface area (TPSA) is 57.4 Å². The maximum absolute atomic E-state index is 5.60. The quantitative estimate of drug-likeness (QED) is 0.838. The predicted octanol–water partition coefficient (Wildman–Crippen LogP) is 1.49. The zero-order chi connectivity index (χ0) is 11.2. The van der Waals surface area contributed by atoms with E-state index in [0.29, 0.717) is 19.0 Å². The van der Waals surface area contributed by atoms with Gasteiger partial charge in [0.15, 0.2) is 0 Å². The molecule has 4 heteroatoms. The molecule has 1 saturated heterocycles. The second kappa shape index (κ2) is 5.82. The van der Waals surface area contributed by atoms with Crippen LogP contribution in [0.25, 0.3) is 0 Å². The molecule has 2 N–H and O–H groups in total. The molecular weight excluding hydrogens is 204 g/mol. The maximum Gasteiger partial charge on any atom is 0.213 e. The predicted molar refractivity (Wildman–Crippen MR) is 61.2 cm³/mol. The van der Waals surface area contributed by atoms with Crippen LogP contribution in [0.3, 0.4) is 0 Å². The van der Waals surface area contributed by atoms with E-state index in [1.165, 1.54) is 6.42 Å². The van der Waals surface area contributed by atoms with Crippen molar-refractivity contribution in [1.29, 1.82) is 0 Å². The van der Waals surface area contributed by atoms with Gasteiger partial charge in [0.1, 0.15) is 6.61 Å². The molecular formula is C12H18N2O2. The van der Waals surface area contributed by atoms with Gasteiger partial charge in [-0.05, 0) is 25.3 Å². The minimum Gasteiger partial charge on any atom is -0.475 e. The van der Waals surface area contributed by atoms with Crippen LogP contribution in [0.15, 0.2) is 18.2 Å². The molecule has 0 aliphatic carbocycles. The summed E-state index contributed by atoms with van der Waals surface area (Å²) in [5, 5.41) is 0. The standard InChI is InChI=1S/C12H18N2O2/c13-8-10-4-3-6-12(14-10)16-9-11-5-1-2-7-15-11/h3-4,6,11H,1-2,5,7-9,13H2. The summed E-state index contributed by atoms with van der Waals surface area (Å²) in [6.07, 6.45) is 3.69.